The first-order chi connectivity index (χ1) is 9.36. The molecule has 0 radical (unpaired) electrons. The Morgan fingerprint density at radius 1 is 0.900 bits per heavy atom. The normalized spacial score (nSPS) is 11.2. The van der Waals surface area contributed by atoms with Gasteiger partial charge in [0.2, 0.25) is 5.91 Å². The minimum Gasteiger partial charge on any atom is -0.457 e. The minimum atomic E-state index is -4.37. The highest BCUT2D eigenvalue weighted by molar-refractivity contribution is 5.92. The molecule has 2 N–H and O–H groups in total. The number of amides is 1. The monoisotopic (exact) mass is 281 g/mol. The van der Waals surface area contributed by atoms with Gasteiger partial charge < -0.3 is 10.5 Å². The average Bonchev–Trinajstić information content (AvgIpc) is 2.39. The third-order valence-corrected chi connectivity index (χ3v) is 2.56. The molecule has 0 fully saturated rings. The lowest BCUT2D eigenvalue weighted by molar-refractivity contribution is -0.137. The van der Waals surface area contributed by atoms with Crippen molar-refractivity contribution in [2.75, 3.05) is 0 Å². The number of benzene rings is 2. The smallest absolute Gasteiger partial charge is 0.416 e. The molecule has 0 heterocycles. The fourth-order valence-corrected chi connectivity index (χ4v) is 1.54. The molecular formula is C14H10F3NO2. The van der Waals surface area contributed by atoms with E-state index >= 15 is 0 Å². The molecule has 0 bridgehead atoms. The molecule has 2 rings (SSSR count). The molecule has 0 spiro atoms. The maximum absolute atomic E-state index is 12.4. The van der Waals surface area contributed by atoms with Crippen LogP contribution in [0.1, 0.15) is 15.9 Å². The number of alkyl halides is 3. The van der Waals surface area contributed by atoms with Crippen molar-refractivity contribution in [3.8, 4) is 11.5 Å². The quantitative estimate of drug-likeness (QED) is 0.934. The van der Waals surface area contributed by atoms with Crippen LogP contribution in [0.5, 0.6) is 11.5 Å². The topological polar surface area (TPSA) is 52.3 Å². The number of carbonyl (C=O) groups excluding carboxylic acids is 1. The zero-order valence-electron chi connectivity index (χ0n) is 10.1. The van der Waals surface area contributed by atoms with Crippen LogP contribution in [0.4, 0.5) is 13.2 Å². The van der Waals surface area contributed by atoms with Crippen molar-refractivity contribution in [1.82, 2.24) is 0 Å². The van der Waals surface area contributed by atoms with Crippen LogP contribution >= 0.6 is 0 Å². The summed E-state index contributed by atoms with van der Waals surface area (Å²) in [5.41, 5.74) is 4.67. The lowest BCUT2D eigenvalue weighted by Crippen LogP contribution is -2.10. The Morgan fingerprint density at radius 3 is 1.75 bits per heavy atom. The van der Waals surface area contributed by atoms with Crippen LogP contribution in [-0.4, -0.2) is 5.91 Å². The van der Waals surface area contributed by atoms with Gasteiger partial charge in [-0.15, -0.1) is 0 Å². The summed E-state index contributed by atoms with van der Waals surface area (Å²) < 4.78 is 42.5. The van der Waals surface area contributed by atoms with Crippen LogP contribution in [0.15, 0.2) is 48.5 Å². The van der Waals surface area contributed by atoms with Crippen LogP contribution in [0.25, 0.3) is 0 Å². The third-order valence-electron chi connectivity index (χ3n) is 2.56. The lowest BCUT2D eigenvalue weighted by atomic mass is 10.2. The summed E-state index contributed by atoms with van der Waals surface area (Å²) in [6, 6.07) is 10.3. The fourth-order valence-electron chi connectivity index (χ4n) is 1.54. The Balaban J connectivity index is 2.12. The highest BCUT2D eigenvalue weighted by Gasteiger charge is 2.30. The van der Waals surface area contributed by atoms with Gasteiger partial charge in [-0.05, 0) is 48.5 Å². The molecule has 2 aromatic rings. The maximum Gasteiger partial charge on any atom is 0.416 e. The highest BCUT2D eigenvalue weighted by Crippen LogP contribution is 2.31. The standard InChI is InChI=1S/C14H10F3NO2/c15-14(16,17)10-3-7-12(8-4-10)20-11-5-1-9(2-6-11)13(18)19/h1-8H,(H2,18,19). The highest BCUT2D eigenvalue weighted by atomic mass is 19.4. The fraction of sp³-hybridized carbons (Fsp3) is 0.0714. The molecule has 0 aliphatic heterocycles. The largest absolute Gasteiger partial charge is 0.457 e. The van der Waals surface area contributed by atoms with E-state index < -0.39 is 17.6 Å². The predicted octanol–water partition coefficient (Wildman–Crippen LogP) is 3.60. The number of hydrogen-bond acceptors (Lipinski definition) is 2. The second-order valence-corrected chi connectivity index (χ2v) is 4.01. The van der Waals surface area contributed by atoms with Crippen molar-refractivity contribution in [2.24, 2.45) is 5.73 Å². The lowest BCUT2D eigenvalue weighted by Gasteiger charge is -2.09. The maximum atomic E-state index is 12.4. The Bertz CT molecular complexity index is 604. The van der Waals surface area contributed by atoms with E-state index in [4.69, 9.17) is 10.5 Å². The van der Waals surface area contributed by atoms with Gasteiger partial charge in [0.25, 0.3) is 0 Å². The molecule has 2 aromatic carbocycles. The number of carbonyl (C=O) groups is 1. The van der Waals surface area contributed by atoms with Crippen LogP contribution in [-0.2, 0) is 6.18 Å². The molecule has 0 aliphatic carbocycles. The number of halogens is 3. The minimum absolute atomic E-state index is 0.268. The molecule has 0 saturated carbocycles. The molecule has 1 amide bonds. The number of hydrogen-bond donors (Lipinski definition) is 1. The first-order valence-corrected chi connectivity index (χ1v) is 5.61. The van der Waals surface area contributed by atoms with Gasteiger partial charge in [0.05, 0.1) is 5.56 Å². The van der Waals surface area contributed by atoms with E-state index in [1.54, 1.807) is 0 Å². The zero-order chi connectivity index (χ0) is 14.8. The van der Waals surface area contributed by atoms with Crippen molar-refractivity contribution in [1.29, 1.82) is 0 Å². The Hall–Kier alpha value is -2.50. The summed E-state index contributed by atoms with van der Waals surface area (Å²) in [4.78, 5) is 10.9. The third kappa shape index (κ3) is 3.28. The Labute approximate surface area is 112 Å². The predicted molar refractivity (Wildman–Crippen MR) is 66.5 cm³/mol. The SMILES string of the molecule is NC(=O)c1ccc(Oc2ccc(C(F)(F)F)cc2)cc1. The second kappa shape index (κ2) is 5.24. The summed E-state index contributed by atoms with van der Waals surface area (Å²) in [6.45, 7) is 0. The van der Waals surface area contributed by atoms with Crippen molar-refractivity contribution >= 4 is 5.91 Å². The van der Waals surface area contributed by atoms with Crippen LogP contribution in [0.2, 0.25) is 0 Å². The molecule has 0 atom stereocenters. The van der Waals surface area contributed by atoms with E-state index in [1.165, 1.54) is 36.4 Å². The van der Waals surface area contributed by atoms with Gasteiger partial charge in [-0.25, -0.2) is 0 Å². The summed E-state index contributed by atoms with van der Waals surface area (Å²) >= 11 is 0. The van der Waals surface area contributed by atoms with Gasteiger partial charge in [0.1, 0.15) is 11.5 Å². The summed E-state index contributed by atoms with van der Waals surface area (Å²) in [5.74, 6) is 0.102. The van der Waals surface area contributed by atoms with Gasteiger partial charge in [-0.1, -0.05) is 0 Å². The number of primary amides is 1. The van der Waals surface area contributed by atoms with Gasteiger partial charge in [-0.2, -0.15) is 13.2 Å². The van der Waals surface area contributed by atoms with Crippen molar-refractivity contribution in [3.05, 3.63) is 59.7 Å². The first kappa shape index (κ1) is 13.9. The molecular weight excluding hydrogens is 271 g/mol. The molecule has 3 nitrogen and oxygen atoms in total. The second-order valence-electron chi connectivity index (χ2n) is 4.01. The molecule has 104 valence electrons. The van der Waals surface area contributed by atoms with E-state index in [0.29, 0.717) is 11.3 Å². The molecule has 0 saturated heterocycles. The zero-order valence-corrected chi connectivity index (χ0v) is 10.1. The van der Waals surface area contributed by atoms with Crippen molar-refractivity contribution in [2.45, 2.75) is 6.18 Å². The van der Waals surface area contributed by atoms with E-state index in [1.807, 2.05) is 0 Å². The van der Waals surface area contributed by atoms with Crippen molar-refractivity contribution < 1.29 is 22.7 Å². The first-order valence-electron chi connectivity index (χ1n) is 5.61. The summed E-state index contributed by atoms with van der Waals surface area (Å²) in [6.07, 6.45) is -4.37. The van der Waals surface area contributed by atoms with Crippen molar-refractivity contribution in [3.63, 3.8) is 0 Å². The summed E-state index contributed by atoms with van der Waals surface area (Å²) in [5, 5.41) is 0. The van der Waals surface area contributed by atoms with Gasteiger partial charge >= 0.3 is 6.18 Å². The number of rotatable bonds is 3. The van der Waals surface area contributed by atoms with Gasteiger partial charge in [-0.3, -0.25) is 4.79 Å². The van der Waals surface area contributed by atoms with E-state index in [-0.39, 0.29) is 5.75 Å². The van der Waals surface area contributed by atoms with Crippen LogP contribution in [0, 0.1) is 0 Å². The Kier molecular flexibility index (Phi) is 3.65. The van der Waals surface area contributed by atoms with Gasteiger partial charge in [0.15, 0.2) is 0 Å². The van der Waals surface area contributed by atoms with E-state index in [2.05, 4.69) is 0 Å². The average molecular weight is 281 g/mol. The number of ether oxygens (including phenoxy) is 1. The van der Waals surface area contributed by atoms with E-state index in [0.717, 1.165) is 12.1 Å². The van der Waals surface area contributed by atoms with Crippen LogP contribution < -0.4 is 10.5 Å². The molecule has 0 aromatic heterocycles. The molecule has 20 heavy (non-hydrogen) atoms. The molecule has 6 heteroatoms. The summed E-state index contributed by atoms with van der Waals surface area (Å²) in [7, 11) is 0. The Morgan fingerprint density at radius 2 is 1.35 bits per heavy atom. The molecule has 0 aliphatic rings. The van der Waals surface area contributed by atoms with E-state index in [9.17, 15) is 18.0 Å². The number of nitrogens with two attached hydrogens (primary N) is 1. The van der Waals surface area contributed by atoms with Gasteiger partial charge in [0, 0.05) is 5.56 Å². The molecule has 0 unspecified atom stereocenters. The van der Waals surface area contributed by atoms with Crippen LogP contribution in [0.3, 0.4) is 0 Å².